The molecule has 0 saturated carbocycles. The van der Waals surface area contributed by atoms with Crippen LogP contribution in [0.25, 0.3) is 0 Å². The Balaban J connectivity index is 2.18. The predicted octanol–water partition coefficient (Wildman–Crippen LogP) is 1.69. The normalized spacial score (nSPS) is 35.5. The molecule has 0 amide bonds. The van der Waals surface area contributed by atoms with Gasteiger partial charge in [0, 0.05) is 12.0 Å². The van der Waals surface area contributed by atoms with E-state index in [2.05, 4.69) is 23.3 Å². The predicted molar refractivity (Wildman–Crippen MR) is 46.5 cm³/mol. The summed E-state index contributed by atoms with van der Waals surface area (Å²) >= 11 is 0. The smallest absolute Gasteiger partial charge is 0.104 e. The first kappa shape index (κ1) is 6.89. The Labute approximate surface area is 67.4 Å². The van der Waals surface area contributed by atoms with Crippen molar-refractivity contribution in [3.05, 3.63) is 12.3 Å². The Bertz CT molecular complexity index is 206. The molecule has 2 heterocycles. The average molecular weight is 150 g/mol. The lowest BCUT2D eigenvalue weighted by molar-refractivity contribution is 0.495. The summed E-state index contributed by atoms with van der Waals surface area (Å²) in [4.78, 5) is 4.56. The minimum Gasteiger partial charge on any atom is -0.351 e. The van der Waals surface area contributed by atoms with Crippen LogP contribution < -0.4 is 5.32 Å². The molecule has 0 aromatic carbocycles. The van der Waals surface area contributed by atoms with Gasteiger partial charge in [-0.05, 0) is 32.4 Å². The van der Waals surface area contributed by atoms with Crippen LogP contribution in [0.3, 0.4) is 0 Å². The molecule has 2 atom stereocenters. The second kappa shape index (κ2) is 2.68. The first-order valence-electron chi connectivity index (χ1n) is 4.35. The van der Waals surface area contributed by atoms with E-state index in [1.54, 1.807) is 0 Å². The first-order valence-corrected chi connectivity index (χ1v) is 4.35. The molecule has 0 radical (unpaired) electrons. The van der Waals surface area contributed by atoms with E-state index in [4.69, 9.17) is 0 Å². The van der Waals surface area contributed by atoms with E-state index in [0.29, 0.717) is 12.0 Å². The van der Waals surface area contributed by atoms with E-state index < -0.39 is 0 Å². The van der Waals surface area contributed by atoms with Gasteiger partial charge < -0.3 is 5.32 Å². The second-order valence-electron chi connectivity index (χ2n) is 3.42. The summed E-state index contributed by atoms with van der Waals surface area (Å²) in [5.41, 5.74) is 0. The SMILES string of the molecule is CC1CCC2CC=CNC2=N1. The summed E-state index contributed by atoms with van der Waals surface area (Å²) in [7, 11) is 0. The van der Waals surface area contributed by atoms with Crippen LogP contribution in [0.15, 0.2) is 17.3 Å². The van der Waals surface area contributed by atoms with Gasteiger partial charge in [0.2, 0.25) is 0 Å². The fraction of sp³-hybridized carbons (Fsp3) is 0.667. The van der Waals surface area contributed by atoms with Gasteiger partial charge in [-0.3, -0.25) is 4.99 Å². The Hall–Kier alpha value is -0.790. The highest BCUT2D eigenvalue weighted by Crippen LogP contribution is 2.23. The lowest BCUT2D eigenvalue weighted by atomic mass is 9.91. The quantitative estimate of drug-likeness (QED) is 0.558. The largest absolute Gasteiger partial charge is 0.351 e. The monoisotopic (exact) mass is 150 g/mol. The zero-order valence-corrected chi connectivity index (χ0v) is 6.88. The number of hydrogen-bond donors (Lipinski definition) is 1. The fourth-order valence-corrected chi connectivity index (χ4v) is 1.75. The van der Waals surface area contributed by atoms with E-state index >= 15 is 0 Å². The summed E-state index contributed by atoms with van der Waals surface area (Å²) in [6.07, 6.45) is 7.94. The average Bonchev–Trinajstić information content (AvgIpc) is 2.04. The van der Waals surface area contributed by atoms with Gasteiger partial charge in [-0.2, -0.15) is 0 Å². The van der Waals surface area contributed by atoms with Crippen LogP contribution in [0.2, 0.25) is 0 Å². The fourth-order valence-electron chi connectivity index (χ4n) is 1.75. The van der Waals surface area contributed by atoms with Gasteiger partial charge in [0.15, 0.2) is 0 Å². The molecule has 0 fully saturated rings. The van der Waals surface area contributed by atoms with Gasteiger partial charge in [0.05, 0.1) is 0 Å². The van der Waals surface area contributed by atoms with E-state index in [1.165, 1.54) is 25.1 Å². The molecular weight excluding hydrogens is 136 g/mol. The topological polar surface area (TPSA) is 24.4 Å². The number of allylic oxidation sites excluding steroid dienone is 1. The van der Waals surface area contributed by atoms with Crippen molar-refractivity contribution in [1.82, 2.24) is 5.32 Å². The van der Waals surface area contributed by atoms with E-state index in [-0.39, 0.29) is 0 Å². The van der Waals surface area contributed by atoms with Crippen molar-refractivity contribution in [2.45, 2.75) is 32.2 Å². The summed E-state index contributed by atoms with van der Waals surface area (Å²) in [6, 6.07) is 0.528. The van der Waals surface area contributed by atoms with Crippen molar-refractivity contribution in [1.29, 1.82) is 0 Å². The number of rotatable bonds is 0. The summed E-state index contributed by atoms with van der Waals surface area (Å²) in [5.74, 6) is 1.91. The molecule has 0 spiro atoms. The minimum atomic E-state index is 0.528. The standard InChI is InChI=1S/C9H14N2/c1-7-4-5-8-3-2-6-10-9(8)11-7/h2,6-8H,3-5H2,1H3,(H,10,11). The van der Waals surface area contributed by atoms with E-state index in [0.717, 1.165) is 0 Å². The maximum Gasteiger partial charge on any atom is 0.104 e. The van der Waals surface area contributed by atoms with E-state index in [9.17, 15) is 0 Å². The maximum absolute atomic E-state index is 4.56. The number of amidine groups is 1. The third-order valence-corrected chi connectivity index (χ3v) is 2.45. The van der Waals surface area contributed by atoms with Crippen LogP contribution in [0.1, 0.15) is 26.2 Å². The summed E-state index contributed by atoms with van der Waals surface area (Å²) < 4.78 is 0. The second-order valence-corrected chi connectivity index (χ2v) is 3.42. The summed E-state index contributed by atoms with van der Waals surface area (Å²) in [6.45, 7) is 2.18. The Morgan fingerprint density at radius 1 is 1.55 bits per heavy atom. The maximum atomic E-state index is 4.56. The molecule has 0 aliphatic carbocycles. The molecule has 2 nitrogen and oxygen atoms in total. The van der Waals surface area contributed by atoms with Crippen molar-refractivity contribution in [3.63, 3.8) is 0 Å². The van der Waals surface area contributed by atoms with Crippen LogP contribution in [-0.2, 0) is 0 Å². The molecule has 2 rings (SSSR count). The van der Waals surface area contributed by atoms with E-state index in [1.807, 2.05) is 6.20 Å². The molecule has 60 valence electrons. The molecule has 11 heavy (non-hydrogen) atoms. The molecule has 0 bridgehead atoms. The van der Waals surface area contributed by atoms with Crippen LogP contribution in [0.5, 0.6) is 0 Å². The molecular formula is C9H14N2. The van der Waals surface area contributed by atoms with Gasteiger partial charge in [-0.25, -0.2) is 0 Å². The van der Waals surface area contributed by atoms with Crippen LogP contribution in [-0.4, -0.2) is 11.9 Å². The van der Waals surface area contributed by atoms with Crippen molar-refractivity contribution in [3.8, 4) is 0 Å². The lowest BCUT2D eigenvalue weighted by Crippen LogP contribution is -2.34. The van der Waals surface area contributed by atoms with Crippen molar-refractivity contribution >= 4 is 5.84 Å². The minimum absolute atomic E-state index is 0.528. The van der Waals surface area contributed by atoms with Crippen molar-refractivity contribution in [2.24, 2.45) is 10.9 Å². The van der Waals surface area contributed by atoms with Crippen LogP contribution >= 0.6 is 0 Å². The Morgan fingerprint density at radius 2 is 2.45 bits per heavy atom. The number of nitrogens with zero attached hydrogens (tertiary/aromatic N) is 1. The van der Waals surface area contributed by atoms with Gasteiger partial charge in [0.1, 0.15) is 5.84 Å². The third kappa shape index (κ3) is 1.30. The molecule has 2 heteroatoms. The number of nitrogens with one attached hydrogen (secondary N) is 1. The molecule has 2 aliphatic rings. The molecule has 0 saturated heterocycles. The van der Waals surface area contributed by atoms with Gasteiger partial charge in [-0.15, -0.1) is 0 Å². The zero-order valence-electron chi connectivity index (χ0n) is 6.88. The molecule has 0 aromatic rings. The molecule has 2 aliphatic heterocycles. The van der Waals surface area contributed by atoms with Crippen molar-refractivity contribution < 1.29 is 0 Å². The number of hydrogen-bond acceptors (Lipinski definition) is 2. The summed E-state index contributed by atoms with van der Waals surface area (Å²) in [5, 5.41) is 3.22. The number of aliphatic imine (C=N–C) groups is 1. The molecule has 1 N–H and O–H groups in total. The van der Waals surface area contributed by atoms with Crippen LogP contribution in [0, 0.1) is 5.92 Å². The molecule has 2 unspecified atom stereocenters. The van der Waals surface area contributed by atoms with Gasteiger partial charge in [0.25, 0.3) is 0 Å². The van der Waals surface area contributed by atoms with Gasteiger partial charge >= 0.3 is 0 Å². The highest BCUT2D eigenvalue weighted by Gasteiger charge is 2.22. The third-order valence-electron chi connectivity index (χ3n) is 2.45. The lowest BCUT2D eigenvalue weighted by Gasteiger charge is -2.27. The Morgan fingerprint density at radius 3 is 3.36 bits per heavy atom. The van der Waals surface area contributed by atoms with Gasteiger partial charge in [-0.1, -0.05) is 6.08 Å². The van der Waals surface area contributed by atoms with Crippen molar-refractivity contribution in [2.75, 3.05) is 0 Å². The highest BCUT2D eigenvalue weighted by molar-refractivity contribution is 5.87. The molecule has 0 aromatic heterocycles. The first-order chi connectivity index (χ1) is 5.36. The van der Waals surface area contributed by atoms with Crippen LogP contribution in [0.4, 0.5) is 0 Å². The number of fused-ring (bicyclic) bond motifs is 1. The highest BCUT2D eigenvalue weighted by atomic mass is 15.0. The zero-order chi connectivity index (χ0) is 7.68. The Kier molecular flexibility index (Phi) is 1.68.